The van der Waals surface area contributed by atoms with Gasteiger partial charge in [0.1, 0.15) is 0 Å². The van der Waals surface area contributed by atoms with Crippen molar-refractivity contribution < 1.29 is 13.9 Å². The van der Waals surface area contributed by atoms with Crippen LogP contribution in [0.1, 0.15) is 0 Å². The first-order valence-electron chi connectivity index (χ1n) is 4.17. The van der Waals surface area contributed by atoms with Gasteiger partial charge in [0.05, 0.1) is 22.7 Å². The van der Waals surface area contributed by atoms with Crippen molar-refractivity contribution in [2.75, 3.05) is 17.7 Å². The van der Waals surface area contributed by atoms with Crippen LogP contribution in [0.3, 0.4) is 0 Å². The smallest absolute Gasteiger partial charge is 0.183 e. The molecule has 1 aromatic carbocycles. The summed E-state index contributed by atoms with van der Waals surface area (Å²) in [5.41, 5.74) is -0.166. The van der Waals surface area contributed by atoms with Crippen LogP contribution in [0.2, 0.25) is 5.02 Å². The zero-order valence-electron chi connectivity index (χ0n) is 7.61. The molecule has 6 heteroatoms. The summed E-state index contributed by atoms with van der Waals surface area (Å²) < 4.78 is 26.0. The number of aliphatic hydroxyl groups excluding tert-OH is 1. The molecule has 1 unspecified atom stereocenters. The monoisotopic (exact) mass is 255 g/mol. The highest BCUT2D eigenvalue weighted by Crippen LogP contribution is 2.26. The highest BCUT2D eigenvalue weighted by atomic mass is 35.5. The quantitative estimate of drug-likeness (QED) is 0.641. The van der Waals surface area contributed by atoms with Gasteiger partial charge in [-0.1, -0.05) is 11.6 Å². The maximum absolute atomic E-state index is 13.2. The average Bonchev–Trinajstić information content (AvgIpc) is 2.23. The van der Waals surface area contributed by atoms with Gasteiger partial charge in [0, 0.05) is 6.54 Å². The second-order valence-corrected chi connectivity index (χ2v) is 3.62. The van der Waals surface area contributed by atoms with E-state index < -0.39 is 17.7 Å². The Hall–Kier alpha value is -0.580. The van der Waals surface area contributed by atoms with E-state index in [1.165, 1.54) is 6.07 Å². The summed E-state index contributed by atoms with van der Waals surface area (Å²) in [5, 5.41) is 11.7. The molecule has 84 valence electrons. The van der Waals surface area contributed by atoms with Gasteiger partial charge < -0.3 is 10.4 Å². The molecule has 1 atom stereocenters. The lowest BCUT2D eigenvalue weighted by Crippen LogP contribution is -2.21. The Morgan fingerprint density at radius 2 is 2.07 bits per heavy atom. The maximum Gasteiger partial charge on any atom is 0.183 e. The molecule has 0 fully saturated rings. The van der Waals surface area contributed by atoms with Crippen LogP contribution in [0.5, 0.6) is 0 Å². The molecule has 2 nitrogen and oxygen atoms in total. The number of hydrogen-bond acceptors (Lipinski definition) is 2. The molecule has 0 heterocycles. The second kappa shape index (κ2) is 5.49. The molecule has 0 saturated carbocycles. The summed E-state index contributed by atoms with van der Waals surface area (Å²) in [4.78, 5) is 0. The van der Waals surface area contributed by atoms with Crippen molar-refractivity contribution in [1.29, 1.82) is 0 Å². The van der Waals surface area contributed by atoms with Gasteiger partial charge in [-0.05, 0) is 12.1 Å². The van der Waals surface area contributed by atoms with E-state index in [4.69, 9.17) is 28.3 Å². The van der Waals surface area contributed by atoms with Crippen LogP contribution in [0, 0.1) is 11.6 Å². The number of hydrogen-bond donors (Lipinski definition) is 2. The number of anilines is 1. The lowest BCUT2D eigenvalue weighted by atomic mass is 10.2. The highest BCUT2D eigenvalue weighted by Gasteiger charge is 2.13. The number of aliphatic hydroxyl groups is 1. The van der Waals surface area contributed by atoms with Gasteiger partial charge in [-0.25, -0.2) is 8.78 Å². The molecule has 0 aliphatic heterocycles. The lowest BCUT2D eigenvalue weighted by Gasteiger charge is -2.12. The van der Waals surface area contributed by atoms with Gasteiger partial charge in [-0.2, -0.15) is 0 Å². The number of halogens is 4. The minimum Gasteiger partial charge on any atom is -0.390 e. The van der Waals surface area contributed by atoms with E-state index in [1.54, 1.807) is 0 Å². The number of rotatable bonds is 4. The zero-order chi connectivity index (χ0) is 11.4. The SMILES string of the molecule is OC(CCl)CNc1c(Cl)ccc(F)c1F. The predicted molar refractivity (Wildman–Crippen MR) is 56.6 cm³/mol. The molecule has 0 bridgehead atoms. The third-order valence-corrected chi connectivity index (χ3v) is 2.41. The molecule has 1 aromatic rings. The van der Waals surface area contributed by atoms with Crippen LogP contribution >= 0.6 is 23.2 Å². The van der Waals surface area contributed by atoms with Gasteiger partial charge in [-0.15, -0.1) is 11.6 Å². The van der Waals surface area contributed by atoms with E-state index in [0.29, 0.717) is 0 Å². The Kier molecular flexibility index (Phi) is 4.57. The molecule has 1 rings (SSSR count). The highest BCUT2D eigenvalue weighted by molar-refractivity contribution is 6.33. The molecule has 0 aromatic heterocycles. The minimum absolute atomic E-state index is 0.00154. The van der Waals surface area contributed by atoms with E-state index in [-0.39, 0.29) is 23.1 Å². The third-order valence-electron chi connectivity index (χ3n) is 1.74. The van der Waals surface area contributed by atoms with Crippen LogP contribution in [0.4, 0.5) is 14.5 Å². The lowest BCUT2D eigenvalue weighted by molar-refractivity contribution is 0.211. The van der Waals surface area contributed by atoms with Crippen molar-refractivity contribution in [2.45, 2.75) is 6.10 Å². The number of benzene rings is 1. The van der Waals surface area contributed by atoms with Crippen molar-refractivity contribution in [1.82, 2.24) is 0 Å². The Morgan fingerprint density at radius 3 is 2.67 bits per heavy atom. The average molecular weight is 256 g/mol. The van der Waals surface area contributed by atoms with E-state index in [1.807, 2.05) is 0 Å². The van der Waals surface area contributed by atoms with Crippen molar-refractivity contribution in [3.63, 3.8) is 0 Å². The van der Waals surface area contributed by atoms with Crippen molar-refractivity contribution in [2.24, 2.45) is 0 Å². The van der Waals surface area contributed by atoms with Crippen LogP contribution in [-0.2, 0) is 0 Å². The van der Waals surface area contributed by atoms with Gasteiger partial charge in [-0.3, -0.25) is 0 Å². The van der Waals surface area contributed by atoms with Crippen molar-refractivity contribution in [3.05, 3.63) is 28.8 Å². The van der Waals surface area contributed by atoms with Crippen molar-refractivity contribution >= 4 is 28.9 Å². The Morgan fingerprint density at radius 1 is 1.40 bits per heavy atom. The standard InChI is InChI=1S/C9H9Cl2F2NO/c10-3-5(15)4-14-9-6(11)1-2-7(12)8(9)13/h1-2,5,14-15H,3-4H2. The Balaban J connectivity index is 2.80. The molecule has 0 amide bonds. The summed E-state index contributed by atoms with van der Waals surface area (Å²) in [7, 11) is 0. The van der Waals surface area contributed by atoms with E-state index >= 15 is 0 Å². The first kappa shape index (κ1) is 12.5. The van der Waals surface area contributed by atoms with Gasteiger partial charge in [0.2, 0.25) is 0 Å². The van der Waals surface area contributed by atoms with E-state index in [2.05, 4.69) is 5.32 Å². The van der Waals surface area contributed by atoms with Crippen molar-refractivity contribution in [3.8, 4) is 0 Å². The fourth-order valence-electron chi connectivity index (χ4n) is 0.964. The largest absolute Gasteiger partial charge is 0.390 e. The van der Waals surface area contributed by atoms with Crippen LogP contribution in [0.25, 0.3) is 0 Å². The first-order chi connectivity index (χ1) is 7.06. The molecule has 0 aliphatic carbocycles. The molecular weight excluding hydrogens is 247 g/mol. The van der Waals surface area contributed by atoms with Crippen LogP contribution < -0.4 is 5.32 Å². The Labute approximate surface area is 95.8 Å². The molecule has 2 N–H and O–H groups in total. The van der Waals surface area contributed by atoms with Crippen LogP contribution in [0.15, 0.2) is 12.1 Å². The topological polar surface area (TPSA) is 32.3 Å². The summed E-state index contributed by atoms with van der Waals surface area (Å²) in [6.45, 7) is 0.00356. The Bertz CT molecular complexity index is 349. The summed E-state index contributed by atoms with van der Waals surface area (Å²) in [6.07, 6.45) is -0.842. The summed E-state index contributed by atoms with van der Waals surface area (Å²) in [6, 6.07) is 2.16. The fraction of sp³-hybridized carbons (Fsp3) is 0.333. The van der Waals surface area contributed by atoms with Crippen LogP contribution in [-0.4, -0.2) is 23.6 Å². The first-order valence-corrected chi connectivity index (χ1v) is 5.09. The molecule has 0 saturated heterocycles. The molecule has 15 heavy (non-hydrogen) atoms. The van der Waals surface area contributed by atoms with Gasteiger partial charge in [0.25, 0.3) is 0 Å². The van der Waals surface area contributed by atoms with E-state index in [9.17, 15) is 8.78 Å². The molecule has 0 radical (unpaired) electrons. The number of alkyl halides is 1. The molecule has 0 aliphatic rings. The fourth-order valence-corrected chi connectivity index (χ4v) is 1.29. The maximum atomic E-state index is 13.2. The van der Waals surface area contributed by atoms with Gasteiger partial charge >= 0.3 is 0 Å². The molecular formula is C9H9Cl2F2NO. The predicted octanol–water partition coefficient (Wildman–Crippen LogP) is 2.63. The minimum atomic E-state index is -1.07. The number of nitrogens with one attached hydrogen (secondary N) is 1. The summed E-state index contributed by atoms with van der Waals surface area (Å²) in [5.74, 6) is -2.06. The zero-order valence-corrected chi connectivity index (χ0v) is 9.12. The summed E-state index contributed by atoms with van der Waals surface area (Å²) >= 11 is 11.0. The normalized spacial score (nSPS) is 12.6. The van der Waals surface area contributed by atoms with Gasteiger partial charge in [0.15, 0.2) is 11.6 Å². The molecule has 0 spiro atoms. The van der Waals surface area contributed by atoms with E-state index in [0.717, 1.165) is 6.07 Å². The second-order valence-electron chi connectivity index (χ2n) is 2.91. The third kappa shape index (κ3) is 3.19.